The average molecular weight is 244 g/mol. The summed E-state index contributed by atoms with van der Waals surface area (Å²) in [6, 6.07) is 11.0. The predicted molar refractivity (Wildman–Crippen MR) is 68.4 cm³/mol. The van der Waals surface area contributed by atoms with Crippen molar-refractivity contribution in [1.82, 2.24) is 4.98 Å². The van der Waals surface area contributed by atoms with Crippen molar-refractivity contribution in [2.75, 3.05) is 5.32 Å². The quantitative estimate of drug-likeness (QED) is 0.876. The zero-order valence-electron chi connectivity index (χ0n) is 9.24. The third-order valence-corrected chi connectivity index (χ3v) is 2.59. The molecular formula is C13H10ClN3. The van der Waals surface area contributed by atoms with Gasteiger partial charge in [0.2, 0.25) is 0 Å². The van der Waals surface area contributed by atoms with Crippen molar-refractivity contribution in [2.45, 2.75) is 6.92 Å². The number of hydrogen-bond acceptors (Lipinski definition) is 3. The summed E-state index contributed by atoms with van der Waals surface area (Å²) in [4.78, 5) is 4.18. The fourth-order valence-electron chi connectivity index (χ4n) is 1.43. The molecule has 0 aliphatic heterocycles. The molecule has 0 fully saturated rings. The largest absolute Gasteiger partial charge is 0.339 e. The molecule has 1 aromatic carbocycles. The van der Waals surface area contributed by atoms with Crippen LogP contribution in [0.3, 0.4) is 0 Å². The average Bonchev–Trinajstić information content (AvgIpc) is 2.32. The molecule has 0 saturated heterocycles. The molecule has 0 unspecified atom stereocenters. The van der Waals surface area contributed by atoms with Crippen LogP contribution >= 0.6 is 11.6 Å². The second-order valence-electron chi connectivity index (χ2n) is 3.65. The number of benzene rings is 1. The first-order valence-electron chi connectivity index (χ1n) is 5.08. The van der Waals surface area contributed by atoms with Gasteiger partial charge in [0.1, 0.15) is 5.82 Å². The SMILES string of the molecule is Cc1ccnc(Nc2ccc(C#N)cc2Cl)c1. The van der Waals surface area contributed by atoms with Crippen LogP contribution in [-0.4, -0.2) is 4.98 Å². The summed E-state index contributed by atoms with van der Waals surface area (Å²) in [6.07, 6.45) is 1.73. The Morgan fingerprint density at radius 3 is 2.76 bits per heavy atom. The highest BCUT2D eigenvalue weighted by molar-refractivity contribution is 6.33. The zero-order chi connectivity index (χ0) is 12.3. The number of pyridine rings is 1. The smallest absolute Gasteiger partial charge is 0.130 e. The van der Waals surface area contributed by atoms with Crippen LogP contribution in [0.15, 0.2) is 36.5 Å². The van der Waals surface area contributed by atoms with Crippen molar-refractivity contribution in [3.63, 3.8) is 0 Å². The van der Waals surface area contributed by atoms with Gasteiger partial charge in [-0.25, -0.2) is 4.98 Å². The Balaban J connectivity index is 2.28. The van der Waals surface area contributed by atoms with Gasteiger partial charge in [0, 0.05) is 6.20 Å². The second kappa shape index (κ2) is 4.86. The van der Waals surface area contributed by atoms with Gasteiger partial charge in [-0.3, -0.25) is 0 Å². The third kappa shape index (κ3) is 2.74. The lowest BCUT2D eigenvalue weighted by atomic mass is 10.2. The van der Waals surface area contributed by atoms with Crippen LogP contribution in [-0.2, 0) is 0 Å². The lowest BCUT2D eigenvalue weighted by Crippen LogP contribution is -1.94. The van der Waals surface area contributed by atoms with Crippen molar-refractivity contribution < 1.29 is 0 Å². The van der Waals surface area contributed by atoms with Gasteiger partial charge in [-0.2, -0.15) is 5.26 Å². The van der Waals surface area contributed by atoms with E-state index in [-0.39, 0.29) is 0 Å². The number of rotatable bonds is 2. The minimum absolute atomic E-state index is 0.507. The van der Waals surface area contributed by atoms with Crippen LogP contribution in [0.25, 0.3) is 0 Å². The molecule has 0 atom stereocenters. The van der Waals surface area contributed by atoms with Gasteiger partial charge < -0.3 is 5.32 Å². The lowest BCUT2D eigenvalue weighted by molar-refractivity contribution is 1.27. The Morgan fingerprint density at radius 2 is 2.12 bits per heavy atom. The van der Waals surface area contributed by atoms with E-state index in [0.717, 1.165) is 17.1 Å². The van der Waals surface area contributed by atoms with Crippen molar-refractivity contribution in [3.8, 4) is 6.07 Å². The molecule has 1 heterocycles. The van der Waals surface area contributed by atoms with Crippen LogP contribution in [0.2, 0.25) is 5.02 Å². The fourth-order valence-corrected chi connectivity index (χ4v) is 1.66. The van der Waals surface area contributed by atoms with Crippen LogP contribution in [0.4, 0.5) is 11.5 Å². The summed E-state index contributed by atoms with van der Waals surface area (Å²) in [6.45, 7) is 1.99. The maximum absolute atomic E-state index is 8.74. The Hall–Kier alpha value is -2.05. The number of nitrogens with one attached hydrogen (secondary N) is 1. The second-order valence-corrected chi connectivity index (χ2v) is 4.06. The van der Waals surface area contributed by atoms with E-state index < -0.39 is 0 Å². The van der Waals surface area contributed by atoms with Gasteiger partial charge in [0.05, 0.1) is 22.3 Å². The predicted octanol–water partition coefficient (Wildman–Crippen LogP) is 3.66. The molecule has 2 aromatic rings. The van der Waals surface area contributed by atoms with E-state index in [2.05, 4.69) is 10.3 Å². The van der Waals surface area contributed by atoms with E-state index in [0.29, 0.717) is 10.6 Å². The molecule has 0 amide bonds. The highest BCUT2D eigenvalue weighted by Gasteiger charge is 2.03. The lowest BCUT2D eigenvalue weighted by Gasteiger charge is -2.08. The first-order valence-corrected chi connectivity index (χ1v) is 5.46. The molecule has 0 saturated carbocycles. The highest BCUT2D eigenvalue weighted by Crippen LogP contribution is 2.25. The Bertz CT molecular complexity index is 587. The minimum atomic E-state index is 0.507. The van der Waals surface area contributed by atoms with Gasteiger partial charge in [0.15, 0.2) is 0 Å². The molecule has 84 valence electrons. The van der Waals surface area contributed by atoms with E-state index in [4.69, 9.17) is 16.9 Å². The van der Waals surface area contributed by atoms with Gasteiger partial charge in [-0.05, 0) is 42.8 Å². The molecule has 3 nitrogen and oxygen atoms in total. The monoisotopic (exact) mass is 243 g/mol. The van der Waals surface area contributed by atoms with E-state index >= 15 is 0 Å². The van der Waals surface area contributed by atoms with Crippen molar-refractivity contribution in [3.05, 3.63) is 52.7 Å². The number of nitriles is 1. The molecular weight excluding hydrogens is 234 g/mol. The highest BCUT2D eigenvalue weighted by atomic mass is 35.5. The van der Waals surface area contributed by atoms with Crippen LogP contribution in [0, 0.1) is 18.3 Å². The maximum Gasteiger partial charge on any atom is 0.130 e. The zero-order valence-corrected chi connectivity index (χ0v) is 9.99. The third-order valence-electron chi connectivity index (χ3n) is 2.28. The van der Waals surface area contributed by atoms with Crippen molar-refractivity contribution >= 4 is 23.1 Å². The van der Waals surface area contributed by atoms with Crippen LogP contribution < -0.4 is 5.32 Å². The van der Waals surface area contributed by atoms with Crippen molar-refractivity contribution in [2.24, 2.45) is 0 Å². The summed E-state index contributed by atoms with van der Waals surface area (Å²) < 4.78 is 0. The summed E-state index contributed by atoms with van der Waals surface area (Å²) in [5.41, 5.74) is 2.40. The molecule has 0 aliphatic carbocycles. The molecule has 0 aliphatic rings. The topological polar surface area (TPSA) is 48.7 Å². The number of aryl methyl sites for hydroxylation is 1. The fraction of sp³-hybridized carbons (Fsp3) is 0.0769. The summed E-state index contributed by atoms with van der Waals surface area (Å²) in [7, 11) is 0. The summed E-state index contributed by atoms with van der Waals surface area (Å²) >= 11 is 6.06. The van der Waals surface area contributed by atoms with E-state index in [1.807, 2.05) is 25.1 Å². The molecule has 1 N–H and O–H groups in total. The molecule has 2 rings (SSSR count). The molecule has 4 heteroatoms. The van der Waals surface area contributed by atoms with Gasteiger partial charge in [0.25, 0.3) is 0 Å². The van der Waals surface area contributed by atoms with E-state index in [9.17, 15) is 0 Å². The summed E-state index contributed by atoms with van der Waals surface area (Å²) in [5.74, 6) is 0.733. The number of nitrogens with zero attached hydrogens (tertiary/aromatic N) is 2. The number of halogens is 1. The van der Waals surface area contributed by atoms with E-state index in [1.165, 1.54) is 0 Å². The number of aromatic nitrogens is 1. The standard InChI is InChI=1S/C13H10ClN3/c1-9-4-5-16-13(6-9)17-12-3-2-10(8-15)7-11(12)14/h2-7H,1H3,(H,16,17). The number of anilines is 2. The molecule has 0 spiro atoms. The van der Waals surface area contributed by atoms with E-state index in [1.54, 1.807) is 24.4 Å². The van der Waals surface area contributed by atoms with Gasteiger partial charge in [-0.1, -0.05) is 11.6 Å². The Kier molecular flexibility index (Phi) is 3.27. The molecule has 17 heavy (non-hydrogen) atoms. The maximum atomic E-state index is 8.74. The first-order chi connectivity index (χ1) is 8.19. The van der Waals surface area contributed by atoms with Gasteiger partial charge >= 0.3 is 0 Å². The first kappa shape index (κ1) is 11.4. The normalized spacial score (nSPS) is 9.71. The minimum Gasteiger partial charge on any atom is -0.339 e. The summed E-state index contributed by atoms with van der Waals surface area (Å²) in [5, 5.41) is 12.4. The molecule has 0 radical (unpaired) electrons. The number of hydrogen-bond donors (Lipinski definition) is 1. The Labute approximate surface area is 105 Å². The van der Waals surface area contributed by atoms with Crippen LogP contribution in [0.5, 0.6) is 0 Å². The molecule has 1 aromatic heterocycles. The van der Waals surface area contributed by atoms with Gasteiger partial charge in [-0.15, -0.1) is 0 Å². The van der Waals surface area contributed by atoms with Crippen molar-refractivity contribution in [1.29, 1.82) is 5.26 Å². The van der Waals surface area contributed by atoms with Crippen LogP contribution in [0.1, 0.15) is 11.1 Å². The Morgan fingerprint density at radius 1 is 1.29 bits per heavy atom. The molecule has 0 bridgehead atoms.